The lowest BCUT2D eigenvalue weighted by Gasteiger charge is -2.46. The average Bonchev–Trinajstić information content (AvgIpc) is 3.42. The summed E-state index contributed by atoms with van der Waals surface area (Å²) in [4.78, 5) is 36.4. The SMILES string of the molecule is COc1ccc(CN(Cc2ccc(OC)cc2)c2cc(C)c(C(F)(F)F)c(-c3c(Cl)c4c5c(nc(OCC67CCN6CC(F)(F)C7)nc5c3F)N([C@H](C)c3cccnc3NC(=O)OC(C)(C)C)CCO4)n2)cc1. The lowest BCUT2D eigenvalue weighted by atomic mass is 9.85. The zero-order valence-corrected chi connectivity index (χ0v) is 41.9. The van der Waals surface area contributed by atoms with Crippen LogP contribution in [0.4, 0.5) is 48.6 Å². The normalized spacial score (nSPS) is 17.8. The molecule has 2 atom stereocenters. The van der Waals surface area contributed by atoms with Crippen molar-refractivity contribution in [3.8, 4) is 34.5 Å². The number of alkyl halides is 5. The summed E-state index contributed by atoms with van der Waals surface area (Å²) < 4.78 is 123. The van der Waals surface area contributed by atoms with E-state index in [0.717, 1.165) is 11.1 Å². The first-order valence-electron chi connectivity index (χ1n) is 23.5. The minimum Gasteiger partial charge on any atom is -0.497 e. The summed E-state index contributed by atoms with van der Waals surface area (Å²) in [5, 5.41) is 2.06. The molecule has 1 amide bonds. The van der Waals surface area contributed by atoms with Crippen LogP contribution >= 0.6 is 11.6 Å². The third-order valence-electron chi connectivity index (χ3n) is 13.3. The van der Waals surface area contributed by atoms with Crippen molar-refractivity contribution >= 4 is 46.1 Å². The van der Waals surface area contributed by atoms with Crippen molar-refractivity contribution in [1.82, 2.24) is 24.8 Å². The quantitative estimate of drug-likeness (QED) is 0.104. The van der Waals surface area contributed by atoms with E-state index in [1.165, 1.54) is 33.4 Å². The number of aromatic nitrogens is 4. The molecule has 0 bridgehead atoms. The first-order valence-corrected chi connectivity index (χ1v) is 23.9. The molecule has 3 aliphatic heterocycles. The molecule has 0 spiro atoms. The molecule has 3 aromatic carbocycles. The van der Waals surface area contributed by atoms with Gasteiger partial charge in [0.1, 0.15) is 53.3 Å². The number of amides is 1. The van der Waals surface area contributed by atoms with Gasteiger partial charge in [0.2, 0.25) is 0 Å². The molecule has 3 aliphatic rings. The van der Waals surface area contributed by atoms with Crippen LogP contribution in [-0.2, 0) is 24.0 Å². The number of nitrogens with one attached hydrogen (secondary N) is 1. The van der Waals surface area contributed by atoms with E-state index >= 15 is 17.6 Å². The van der Waals surface area contributed by atoms with Gasteiger partial charge in [-0.3, -0.25) is 10.2 Å². The largest absolute Gasteiger partial charge is 0.497 e. The molecule has 0 saturated carbocycles. The van der Waals surface area contributed by atoms with Crippen LogP contribution in [0.2, 0.25) is 5.02 Å². The highest BCUT2D eigenvalue weighted by Crippen LogP contribution is 2.52. The molecule has 1 N–H and O–H groups in total. The van der Waals surface area contributed by atoms with E-state index < -0.39 is 87.5 Å². The fourth-order valence-corrected chi connectivity index (χ4v) is 10.1. The van der Waals surface area contributed by atoms with E-state index in [1.54, 1.807) is 78.8 Å². The number of nitrogens with zero attached hydrogens (tertiary/aromatic N) is 7. The number of hydrogen-bond donors (Lipinski definition) is 1. The molecule has 3 aromatic heterocycles. The van der Waals surface area contributed by atoms with E-state index in [0.29, 0.717) is 30.0 Å². The smallest absolute Gasteiger partial charge is 0.418 e. The number of pyridine rings is 2. The zero-order valence-electron chi connectivity index (χ0n) is 41.1. The number of rotatable bonds is 14. The molecule has 386 valence electrons. The highest BCUT2D eigenvalue weighted by Gasteiger charge is 2.60. The van der Waals surface area contributed by atoms with Crippen molar-refractivity contribution in [2.45, 2.75) is 89.8 Å². The first kappa shape index (κ1) is 51.1. The molecule has 73 heavy (non-hydrogen) atoms. The molecule has 0 aliphatic carbocycles. The summed E-state index contributed by atoms with van der Waals surface area (Å²) in [6.07, 6.45) is -4.47. The summed E-state index contributed by atoms with van der Waals surface area (Å²) in [6, 6.07) is 17.8. The number of carbonyl (C=O) groups excluding carboxylic acids is 1. The fourth-order valence-electron chi connectivity index (χ4n) is 9.75. The van der Waals surface area contributed by atoms with Gasteiger partial charge in [0.15, 0.2) is 11.6 Å². The summed E-state index contributed by atoms with van der Waals surface area (Å²) >= 11 is 7.20. The number of anilines is 3. The molecule has 6 aromatic rings. The molecular formula is C52H53ClF6N8O6. The highest BCUT2D eigenvalue weighted by molar-refractivity contribution is 6.36. The number of hydrogen-bond acceptors (Lipinski definition) is 13. The molecule has 2 saturated heterocycles. The third-order valence-corrected chi connectivity index (χ3v) is 13.6. The monoisotopic (exact) mass is 1030 g/mol. The minimum atomic E-state index is -5.08. The van der Waals surface area contributed by atoms with Crippen LogP contribution in [0, 0.1) is 12.7 Å². The van der Waals surface area contributed by atoms with Crippen LogP contribution < -0.4 is 34.1 Å². The minimum absolute atomic E-state index is 0.00164. The number of benzene rings is 3. The Morgan fingerprint density at radius 2 is 1.62 bits per heavy atom. The van der Waals surface area contributed by atoms with Crippen molar-refractivity contribution < 1.29 is 54.8 Å². The summed E-state index contributed by atoms with van der Waals surface area (Å²) in [7, 11) is 3.06. The van der Waals surface area contributed by atoms with Gasteiger partial charge in [0.05, 0.1) is 66.1 Å². The molecule has 14 nitrogen and oxygen atoms in total. The molecule has 6 heterocycles. The van der Waals surface area contributed by atoms with Gasteiger partial charge in [-0.1, -0.05) is 41.9 Å². The summed E-state index contributed by atoms with van der Waals surface area (Å²) in [6.45, 7) is 7.99. The second-order valence-corrected chi connectivity index (χ2v) is 19.8. The third kappa shape index (κ3) is 10.4. The van der Waals surface area contributed by atoms with Gasteiger partial charge >= 0.3 is 18.3 Å². The Labute approximate surface area is 422 Å². The van der Waals surface area contributed by atoms with Crippen molar-refractivity contribution in [3.63, 3.8) is 0 Å². The zero-order chi connectivity index (χ0) is 52.2. The Bertz CT molecular complexity index is 3000. The van der Waals surface area contributed by atoms with Gasteiger partial charge in [0.25, 0.3) is 5.92 Å². The average molecular weight is 1040 g/mol. The van der Waals surface area contributed by atoms with Crippen molar-refractivity contribution in [3.05, 3.63) is 112 Å². The van der Waals surface area contributed by atoms with Crippen LogP contribution in [0.5, 0.6) is 23.3 Å². The maximum absolute atomic E-state index is 18.2. The van der Waals surface area contributed by atoms with Gasteiger partial charge < -0.3 is 33.5 Å². The predicted molar refractivity (Wildman–Crippen MR) is 263 cm³/mol. The van der Waals surface area contributed by atoms with Crippen molar-refractivity contribution in [2.75, 3.05) is 62.2 Å². The maximum atomic E-state index is 18.2. The first-order chi connectivity index (χ1) is 34.6. The predicted octanol–water partition coefficient (Wildman–Crippen LogP) is 11.6. The Morgan fingerprint density at radius 3 is 2.19 bits per heavy atom. The van der Waals surface area contributed by atoms with Crippen LogP contribution in [-0.4, -0.2) is 95.1 Å². The van der Waals surface area contributed by atoms with E-state index in [1.807, 2.05) is 24.3 Å². The number of methoxy groups -OCH3 is 2. The Balaban J connectivity index is 1.22. The van der Waals surface area contributed by atoms with Crippen LogP contribution in [0.1, 0.15) is 74.4 Å². The lowest BCUT2D eigenvalue weighted by molar-refractivity contribution is -0.137. The second kappa shape index (κ2) is 19.6. The molecule has 1 unspecified atom stereocenters. The molecular weight excluding hydrogens is 982 g/mol. The van der Waals surface area contributed by atoms with E-state index in [2.05, 4.69) is 20.3 Å². The molecule has 9 rings (SSSR count). The number of aryl methyl sites for hydroxylation is 1. The Kier molecular flexibility index (Phi) is 13.7. The van der Waals surface area contributed by atoms with Gasteiger partial charge in [-0.2, -0.15) is 23.1 Å². The Hall–Kier alpha value is -6.80. The Morgan fingerprint density at radius 1 is 0.959 bits per heavy atom. The molecule has 0 radical (unpaired) electrons. The number of fused-ring (bicyclic) bond motifs is 1. The summed E-state index contributed by atoms with van der Waals surface area (Å²) in [5.74, 6) is -3.12. The summed E-state index contributed by atoms with van der Waals surface area (Å²) in [5.41, 5.74) is -3.53. The standard InChI is InChI=1S/C52H53ClF6N8O6/c1-29-23-36(65(24-31-10-14-33(69-6)15-11-31)25-32-12-16-34(70-7)17-13-32)61-42(39(29)52(57,58)59)37-40(53)44-38-43(41(37)54)62-47(72-28-50-18-20-66(50)27-51(55,56)26-50)64-46(38)67(21-22-71-44)30(2)35-9-8-19-60-45(35)63-48(68)73-49(3,4)5/h8-17,19,23,30H,18,20-22,24-28H2,1-7H3,(H,60,63,68)/t30-,50?/m1/s1. The second-order valence-electron chi connectivity index (χ2n) is 19.5. The van der Waals surface area contributed by atoms with Gasteiger partial charge in [0, 0.05) is 37.8 Å². The highest BCUT2D eigenvalue weighted by atomic mass is 35.5. The van der Waals surface area contributed by atoms with Crippen molar-refractivity contribution in [2.24, 2.45) is 0 Å². The van der Waals surface area contributed by atoms with E-state index in [-0.39, 0.29) is 67.0 Å². The number of halogens is 7. The number of ether oxygens (including phenoxy) is 5. The van der Waals surface area contributed by atoms with Crippen LogP contribution in [0.15, 0.2) is 72.9 Å². The van der Waals surface area contributed by atoms with Gasteiger partial charge in [-0.25, -0.2) is 27.9 Å². The van der Waals surface area contributed by atoms with Crippen LogP contribution in [0.3, 0.4) is 0 Å². The van der Waals surface area contributed by atoms with Gasteiger partial charge in [-0.15, -0.1) is 0 Å². The van der Waals surface area contributed by atoms with E-state index in [9.17, 15) is 13.6 Å². The fraction of sp³-hybridized carbons (Fsp3) is 0.404. The molecule has 21 heteroatoms. The number of carbonyl (C=O) groups is 1. The lowest BCUT2D eigenvalue weighted by Crippen LogP contribution is -2.59. The topological polar surface area (TPSA) is 137 Å². The van der Waals surface area contributed by atoms with Crippen molar-refractivity contribution in [1.29, 1.82) is 0 Å². The van der Waals surface area contributed by atoms with Gasteiger partial charge in [-0.05, 0) is 94.1 Å². The maximum Gasteiger partial charge on any atom is 0.418 e. The van der Waals surface area contributed by atoms with Crippen LogP contribution in [0.25, 0.3) is 22.2 Å². The van der Waals surface area contributed by atoms with E-state index in [4.69, 9.17) is 40.3 Å². The molecule has 2 fully saturated rings.